The first-order chi connectivity index (χ1) is 9.13. The predicted molar refractivity (Wildman–Crippen MR) is 82.2 cm³/mol. The molecule has 0 bridgehead atoms. The van der Waals surface area contributed by atoms with Gasteiger partial charge in [-0.1, -0.05) is 22.9 Å². The van der Waals surface area contributed by atoms with Gasteiger partial charge >= 0.3 is 0 Å². The van der Waals surface area contributed by atoms with Gasteiger partial charge < -0.3 is 4.90 Å². The van der Waals surface area contributed by atoms with E-state index >= 15 is 0 Å². The third-order valence-corrected chi connectivity index (χ3v) is 4.08. The number of hydrogen-bond donors (Lipinski definition) is 0. The molecule has 0 aliphatic heterocycles. The SMILES string of the molecule is CN(C)c1ccc(-c2nc3ccc([32Cl])nc3s2)cc1. The predicted octanol–water partition coefficient (Wildman–Crippen LogP) is 4.08. The van der Waals surface area contributed by atoms with Crippen LogP contribution in [-0.4, -0.2) is 24.1 Å². The van der Waals surface area contributed by atoms with Gasteiger partial charge in [0.25, 0.3) is 0 Å². The van der Waals surface area contributed by atoms with E-state index in [1.807, 2.05) is 20.2 Å². The van der Waals surface area contributed by atoms with E-state index in [1.54, 1.807) is 17.4 Å². The maximum absolute atomic E-state index is 5.89. The summed E-state index contributed by atoms with van der Waals surface area (Å²) in [5.74, 6) is 0. The Morgan fingerprint density at radius 3 is 2.42 bits per heavy atom. The van der Waals surface area contributed by atoms with E-state index in [1.165, 1.54) is 5.69 Å². The Bertz CT molecular complexity index is 719. The Kier molecular flexibility index (Phi) is 3.12. The Morgan fingerprint density at radius 2 is 1.74 bits per heavy atom. The van der Waals surface area contributed by atoms with Crippen LogP contribution < -0.4 is 4.90 Å². The largest absolute Gasteiger partial charge is 0.378 e. The molecule has 3 rings (SSSR count). The number of benzene rings is 1. The molecule has 2 heterocycles. The molecule has 0 atom stereocenters. The lowest BCUT2D eigenvalue weighted by atomic mass is 10.2. The van der Waals surface area contributed by atoms with E-state index in [9.17, 15) is 0 Å². The molecule has 0 N–H and O–H groups in total. The summed E-state index contributed by atoms with van der Waals surface area (Å²) in [5, 5.41) is 1.47. The van der Waals surface area contributed by atoms with Crippen LogP contribution in [0.25, 0.3) is 20.9 Å². The summed E-state index contributed by atoms with van der Waals surface area (Å²) in [4.78, 5) is 11.8. The number of hydrogen-bond acceptors (Lipinski definition) is 4. The molecule has 1 aromatic carbocycles. The van der Waals surface area contributed by atoms with Gasteiger partial charge in [-0.05, 0) is 36.4 Å². The zero-order chi connectivity index (χ0) is 13.4. The van der Waals surface area contributed by atoms with Gasteiger partial charge in [-0.3, -0.25) is 0 Å². The van der Waals surface area contributed by atoms with Gasteiger partial charge in [0.05, 0.1) is 0 Å². The number of pyridine rings is 1. The molecule has 0 fully saturated rings. The maximum atomic E-state index is 5.89. The fraction of sp³-hybridized carbons (Fsp3) is 0.143. The summed E-state index contributed by atoms with van der Waals surface area (Å²) in [6, 6.07) is 12.0. The average molecular weight is 286 g/mol. The van der Waals surface area contributed by atoms with Crippen molar-refractivity contribution in [2.75, 3.05) is 19.0 Å². The van der Waals surface area contributed by atoms with Gasteiger partial charge in [0.2, 0.25) is 0 Å². The molecule has 2 aromatic heterocycles. The summed E-state index contributed by atoms with van der Waals surface area (Å²) in [6.45, 7) is 0. The van der Waals surface area contributed by atoms with Crippen molar-refractivity contribution in [3.8, 4) is 10.6 Å². The number of aromatic nitrogens is 2. The van der Waals surface area contributed by atoms with Gasteiger partial charge in [0, 0.05) is 25.3 Å². The molecule has 0 saturated heterocycles. The van der Waals surface area contributed by atoms with Gasteiger partial charge in [0.1, 0.15) is 20.5 Å². The van der Waals surface area contributed by atoms with Crippen LogP contribution >= 0.6 is 22.9 Å². The van der Waals surface area contributed by atoms with Crippen LogP contribution in [0.3, 0.4) is 0 Å². The molecular formula is C14H12ClN3S. The number of thiazole rings is 1. The summed E-state index contributed by atoms with van der Waals surface area (Å²) in [5.41, 5.74) is 3.16. The van der Waals surface area contributed by atoms with Crippen LogP contribution in [0.4, 0.5) is 5.69 Å². The molecule has 0 aliphatic carbocycles. The van der Waals surface area contributed by atoms with E-state index < -0.39 is 0 Å². The average Bonchev–Trinajstić information content (AvgIpc) is 2.81. The lowest BCUT2D eigenvalue weighted by Gasteiger charge is -2.11. The van der Waals surface area contributed by atoms with Crippen molar-refractivity contribution in [3.05, 3.63) is 41.6 Å². The second kappa shape index (κ2) is 4.79. The van der Waals surface area contributed by atoms with Crippen LogP contribution in [0.2, 0.25) is 5.15 Å². The van der Waals surface area contributed by atoms with Crippen molar-refractivity contribution in [2.45, 2.75) is 0 Å². The van der Waals surface area contributed by atoms with E-state index in [0.29, 0.717) is 5.15 Å². The quantitative estimate of drug-likeness (QED) is 0.665. The van der Waals surface area contributed by atoms with Crippen molar-refractivity contribution < 1.29 is 0 Å². The lowest BCUT2D eigenvalue weighted by molar-refractivity contribution is 1.13. The summed E-state index contributed by atoms with van der Waals surface area (Å²) in [6.07, 6.45) is 0. The van der Waals surface area contributed by atoms with Crippen molar-refractivity contribution in [1.29, 1.82) is 0 Å². The Labute approximate surface area is 120 Å². The first-order valence-electron chi connectivity index (χ1n) is 5.84. The van der Waals surface area contributed by atoms with Crippen LogP contribution in [-0.2, 0) is 0 Å². The summed E-state index contributed by atoms with van der Waals surface area (Å²) < 4.78 is 0. The molecule has 3 nitrogen and oxygen atoms in total. The summed E-state index contributed by atoms with van der Waals surface area (Å²) >= 11 is 7.45. The molecule has 96 valence electrons. The number of fused-ring (bicyclic) bond motifs is 1. The zero-order valence-electron chi connectivity index (χ0n) is 10.6. The monoisotopic (exact) mass is 286 g/mol. The normalized spacial score (nSPS) is 10.9. The highest BCUT2D eigenvalue weighted by Gasteiger charge is 2.08. The molecule has 19 heavy (non-hydrogen) atoms. The smallest absolute Gasteiger partial charge is 0.145 e. The van der Waals surface area contributed by atoms with Crippen molar-refractivity contribution in [2.24, 2.45) is 0 Å². The van der Waals surface area contributed by atoms with Gasteiger partial charge in [-0.25, -0.2) is 9.97 Å². The minimum absolute atomic E-state index is 0.505. The zero-order valence-corrected chi connectivity index (χ0v) is 12.2. The Morgan fingerprint density at radius 1 is 1.00 bits per heavy atom. The maximum Gasteiger partial charge on any atom is 0.145 e. The first-order valence-corrected chi connectivity index (χ1v) is 7.04. The number of rotatable bonds is 2. The van der Waals surface area contributed by atoms with Crippen molar-refractivity contribution in [3.63, 3.8) is 0 Å². The van der Waals surface area contributed by atoms with Crippen LogP contribution in [0.5, 0.6) is 0 Å². The number of halogens is 1. The van der Waals surface area contributed by atoms with E-state index in [-0.39, 0.29) is 0 Å². The molecule has 0 spiro atoms. The Hall–Kier alpha value is -1.65. The topological polar surface area (TPSA) is 29.0 Å². The highest BCUT2D eigenvalue weighted by atomic mass is 32.1. The second-order valence-electron chi connectivity index (χ2n) is 4.42. The fourth-order valence-electron chi connectivity index (χ4n) is 1.82. The van der Waals surface area contributed by atoms with Crippen LogP contribution in [0, 0.1) is 0 Å². The molecule has 0 saturated carbocycles. The Balaban J connectivity index is 2.03. The van der Waals surface area contributed by atoms with Gasteiger partial charge in [-0.2, -0.15) is 0 Å². The van der Waals surface area contributed by atoms with Crippen LogP contribution in [0.1, 0.15) is 0 Å². The first kappa shape index (κ1) is 12.4. The van der Waals surface area contributed by atoms with Gasteiger partial charge in [-0.15, -0.1) is 0 Å². The number of nitrogens with zero attached hydrogens (tertiary/aromatic N) is 3. The molecule has 0 amide bonds. The van der Waals surface area contributed by atoms with E-state index in [4.69, 9.17) is 11.6 Å². The fourth-order valence-corrected chi connectivity index (χ4v) is 2.96. The highest BCUT2D eigenvalue weighted by molar-refractivity contribution is 7.21. The molecule has 0 radical (unpaired) electrons. The summed E-state index contributed by atoms with van der Waals surface area (Å²) in [7, 11) is 4.05. The van der Waals surface area contributed by atoms with E-state index in [2.05, 4.69) is 39.1 Å². The lowest BCUT2D eigenvalue weighted by Crippen LogP contribution is -2.07. The second-order valence-corrected chi connectivity index (χ2v) is 5.78. The standard InChI is InChI=1S/C14H12ClN3S/c1-18(2)10-5-3-9(4-6-10)13-16-11-7-8-12(15)17-14(11)19-13/h3-8H,1-2H3/i15-3. The third kappa shape index (κ3) is 2.41. The molecule has 0 aliphatic rings. The number of anilines is 1. The third-order valence-electron chi connectivity index (χ3n) is 2.85. The van der Waals surface area contributed by atoms with Crippen molar-refractivity contribution in [1.82, 2.24) is 9.97 Å². The minimum Gasteiger partial charge on any atom is -0.378 e. The molecule has 5 heteroatoms. The highest BCUT2D eigenvalue weighted by Crippen LogP contribution is 2.30. The minimum atomic E-state index is 0.505. The molecule has 0 unspecified atom stereocenters. The van der Waals surface area contributed by atoms with E-state index in [0.717, 1.165) is 20.9 Å². The van der Waals surface area contributed by atoms with Gasteiger partial charge in [0.15, 0.2) is 0 Å². The van der Waals surface area contributed by atoms with Crippen LogP contribution in [0.15, 0.2) is 36.4 Å². The molecular weight excluding hydrogens is 274 g/mol. The molecule has 3 aromatic rings. The van der Waals surface area contributed by atoms with Crippen molar-refractivity contribution >= 4 is 39.0 Å².